The minimum Gasteiger partial charge on any atom is -0.497 e. The summed E-state index contributed by atoms with van der Waals surface area (Å²) in [6.07, 6.45) is 6.01. The second-order valence-corrected chi connectivity index (χ2v) is 8.69. The van der Waals surface area contributed by atoms with Gasteiger partial charge in [-0.15, -0.1) is 10.2 Å². The van der Waals surface area contributed by atoms with Gasteiger partial charge in [0.05, 0.1) is 13.7 Å². The Morgan fingerprint density at radius 3 is 2.52 bits per heavy atom. The van der Waals surface area contributed by atoms with Gasteiger partial charge in [0.1, 0.15) is 5.75 Å². The monoisotopic (exact) mass is 436 g/mol. The number of ether oxygens (including phenoxy) is 1. The molecular formula is C24H28N4O2S. The molecule has 1 saturated carbocycles. The smallest absolute Gasteiger partial charge is 0.251 e. The number of aromatic nitrogens is 3. The molecule has 2 aromatic carbocycles. The van der Waals surface area contributed by atoms with Crippen LogP contribution in [0.1, 0.15) is 59.9 Å². The van der Waals surface area contributed by atoms with Gasteiger partial charge in [-0.05, 0) is 42.7 Å². The third-order valence-electron chi connectivity index (χ3n) is 5.65. The summed E-state index contributed by atoms with van der Waals surface area (Å²) in [6, 6.07) is 17.9. The Bertz CT molecular complexity index is 983. The highest BCUT2D eigenvalue weighted by atomic mass is 32.2. The number of rotatable bonds is 8. The number of carbonyl (C=O) groups excluding carboxylic acids is 1. The second-order valence-electron chi connectivity index (χ2n) is 7.75. The zero-order valence-corrected chi connectivity index (χ0v) is 18.6. The first kappa shape index (κ1) is 21.4. The van der Waals surface area contributed by atoms with Crippen LogP contribution in [0, 0.1) is 0 Å². The molecule has 0 aliphatic heterocycles. The van der Waals surface area contributed by atoms with E-state index < -0.39 is 0 Å². The van der Waals surface area contributed by atoms with E-state index in [-0.39, 0.29) is 5.91 Å². The molecule has 0 spiro atoms. The minimum atomic E-state index is -0.126. The molecule has 162 valence electrons. The van der Waals surface area contributed by atoms with Gasteiger partial charge in [0.15, 0.2) is 11.0 Å². The van der Waals surface area contributed by atoms with Crippen LogP contribution >= 0.6 is 11.8 Å². The van der Waals surface area contributed by atoms with E-state index in [0.717, 1.165) is 35.3 Å². The highest BCUT2D eigenvalue weighted by molar-refractivity contribution is 7.98. The van der Waals surface area contributed by atoms with Crippen LogP contribution in [-0.2, 0) is 12.3 Å². The number of amides is 1. The van der Waals surface area contributed by atoms with E-state index in [1.807, 2.05) is 6.07 Å². The predicted molar refractivity (Wildman–Crippen MR) is 122 cm³/mol. The second kappa shape index (κ2) is 10.5. The first-order valence-corrected chi connectivity index (χ1v) is 11.8. The van der Waals surface area contributed by atoms with Gasteiger partial charge in [0, 0.05) is 17.4 Å². The molecule has 7 heteroatoms. The molecule has 6 nitrogen and oxygen atoms in total. The molecular weight excluding hydrogens is 408 g/mol. The summed E-state index contributed by atoms with van der Waals surface area (Å²) < 4.78 is 7.43. The summed E-state index contributed by atoms with van der Waals surface area (Å²) in [4.78, 5) is 12.6. The molecule has 1 aliphatic rings. The van der Waals surface area contributed by atoms with Crippen molar-refractivity contribution in [3.8, 4) is 5.75 Å². The number of methoxy groups -OCH3 is 1. The Morgan fingerprint density at radius 2 is 1.81 bits per heavy atom. The Labute approximate surface area is 187 Å². The molecule has 0 unspecified atom stereocenters. The quantitative estimate of drug-likeness (QED) is 0.503. The van der Waals surface area contributed by atoms with Crippen molar-refractivity contribution in [1.29, 1.82) is 0 Å². The predicted octanol–water partition coefficient (Wildman–Crippen LogP) is 5.01. The molecule has 1 amide bonds. The number of hydrogen-bond donors (Lipinski definition) is 1. The Kier molecular flexibility index (Phi) is 7.25. The summed E-state index contributed by atoms with van der Waals surface area (Å²) in [5.74, 6) is 2.28. The van der Waals surface area contributed by atoms with E-state index in [4.69, 9.17) is 4.74 Å². The van der Waals surface area contributed by atoms with Crippen molar-refractivity contribution in [2.24, 2.45) is 0 Å². The van der Waals surface area contributed by atoms with Gasteiger partial charge in [-0.1, -0.05) is 61.4 Å². The summed E-state index contributed by atoms with van der Waals surface area (Å²) in [7, 11) is 1.61. The fourth-order valence-corrected chi connectivity index (χ4v) is 4.94. The van der Waals surface area contributed by atoms with Crippen molar-refractivity contribution in [2.75, 3.05) is 7.11 Å². The van der Waals surface area contributed by atoms with Crippen LogP contribution in [0.5, 0.6) is 5.75 Å². The van der Waals surface area contributed by atoms with Crippen LogP contribution < -0.4 is 10.1 Å². The average molecular weight is 437 g/mol. The third kappa shape index (κ3) is 5.47. The highest BCUT2D eigenvalue weighted by Gasteiger charge is 2.23. The molecule has 0 radical (unpaired) electrons. The lowest BCUT2D eigenvalue weighted by atomic mass is 9.95. The Morgan fingerprint density at radius 1 is 1.06 bits per heavy atom. The average Bonchev–Trinajstić information content (AvgIpc) is 3.25. The molecule has 1 aromatic heterocycles. The standard InChI is InChI=1S/C24H28N4O2S/c1-30-21-14-12-19(13-15-21)23(29)25-16-22-26-27-24(28(22)20-10-6-3-7-11-20)31-17-18-8-4-2-5-9-18/h2,4-5,8-9,12-15,20H,3,6-7,10-11,16-17H2,1H3,(H,25,29). The summed E-state index contributed by atoms with van der Waals surface area (Å²) >= 11 is 1.71. The number of carbonyl (C=O) groups is 1. The zero-order valence-electron chi connectivity index (χ0n) is 17.8. The van der Waals surface area contributed by atoms with Crippen molar-refractivity contribution < 1.29 is 9.53 Å². The Balaban J connectivity index is 1.47. The van der Waals surface area contributed by atoms with E-state index in [2.05, 4.69) is 44.3 Å². The maximum atomic E-state index is 12.6. The van der Waals surface area contributed by atoms with E-state index in [1.54, 1.807) is 43.1 Å². The molecule has 1 N–H and O–H groups in total. The van der Waals surface area contributed by atoms with Gasteiger partial charge in [0.25, 0.3) is 5.91 Å². The van der Waals surface area contributed by atoms with Crippen LogP contribution in [0.3, 0.4) is 0 Å². The van der Waals surface area contributed by atoms with E-state index in [1.165, 1.54) is 24.8 Å². The fraction of sp³-hybridized carbons (Fsp3) is 0.375. The lowest BCUT2D eigenvalue weighted by Crippen LogP contribution is -2.26. The van der Waals surface area contributed by atoms with Crippen molar-refractivity contribution in [3.05, 3.63) is 71.5 Å². The van der Waals surface area contributed by atoms with Gasteiger partial charge in [-0.2, -0.15) is 0 Å². The molecule has 1 aliphatic carbocycles. The maximum absolute atomic E-state index is 12.6. The normalized spacial score (nSPS) is 14.4. The highest BCUT2D eigenvalue weighted by Crippen LogP contribution is 2.33. The molecule has 0 atom stereocenters. The van der Waals surface area contributed by atoms with Crippen molar-refractivity contribution in [3.63, 3.8) is 0 Å². The zero-order chi connectivity index (χ0) is 21.5. The minimum absolute atomic E-state index is 0.126. The van der Waals surface area contributed by atoms with Crippen molar-refractivity contribution in [1.82, 2.24) is 20.1 Å². The largest absolute Gasteiger partial charge is 0.497 e. The first-order chi connectivity index (χ1) is 15.2. The van der Waals surface area contributed by atoms with Gasteiger partial charge >= 0.3 is 0 Å². The van der Waals surface area contributed by atoms with Crippen LogP contribution in [0.15, 0.2) is 59.8 Å². The van der Waals surface area contributed by atoms with Crippen LogP contribution in [0.4, 0.5) is 0 Å². The van der Waals surface area contributed by atoms with E-state index in [0.29, 0.717) is 18.2 Å². The van der Waals surface area contributed by atoms with Gasteiger partial charge < -0.3 is 14.6 Å². The number of nitrogens with one attached hydrogen (secondary N) is 1. The third-order valence-corrected chi connectivity index (χ3v) is 6.66. The number of thioether (sulfide) groups is 1. The topological polar surface area (TPSA) is 69.0 Å². The van der Waals surface area contributed by atoms with Crippen LogP contribution in [0.25, 0.3) is 0 Å². The molecule has 1 heterocycles. The van der Waals surface area contributed by atoms with Gasteiger partial charge in [-0.25, -0.2) is 0 Å². The van der Waals surface area contributed by atoms with Crippen LogP contribution in [-0.4, -0.2) is 27.8 Å². The van der Waals surface area contributed by atoms with Gasteiger partial charge in [-0.3, -0.25) is 4.79 Å². The molecule has 0 saturated heterocycles. The van der Waals surface area contributed by atoms with Crippen LogP contribution in [0.2, 0.25) is 0 Å². The summed E-state index contributed by atoms with van der Waals surface area (Å²) in [6.45, 7) is 0.361. The van der Waals surface area contributed by atoms with Crippen molar-refractivity contribution >= 4 is 17.7 Å². The molecule has 1 fully saturated rings. The number of nitrogens with zero attached hydrogens (tertiary/aromatic N) is 3. The lowest BCUT2D eigenvalue weighted by molar-refractivity contribution is 0.0949. The summed E-state index contributed by atoms with van der Waals surface area (Å²) in [5, 5.41) is 12.9. The summed E-state index contributed by atoms with van der Waals surface area (Å²) in [5.41, 5.74) is 1.86. The van der Waals surface area contributed by atoms with Crippen molar-refractivity contribution in [2.45, 2.75) is 55.6 Å². The molecule has 4 rings (SSSR count). The first-order valence-electron chi connectivity index (χ1n) is 10.8. The molecule has 3 aromatic rings. The number of hydrogen-bond acceptors (Lipinski definition) is 5. The van der Waals surface area contributed by atoms with E-state index in [9.17, 15) is 4.79 Å². The Hall–Kier alpha value is -2.80. The van der Waals surface area contributed by atoms with Gasteiger partial charge in [0.2, 0.25) is 0 Å². The molecule has 31 heavy (non-hydrogen) atoms. The maximum Gasteiger partial charge on any atom is 0.251 e. The number of benzene rings is 2. The van der Waals surface area contributed by atoms with E-state index >= 15 is 0 Å². The SMILES string of the molecule is COc1ccc(C(=O)NCc2nnc(SCc3ccccc3)n2C2CCCCC2)cc1. The molecule has 0 bridgehead atoms. The lowest BCUT2D eigenvalue weighted by Gasteiger charge is -2.25. The fourth-order valence-electron chi connectivity index (χ4n) is 3.96.